The molecule has 7 heteroatoms. The van der Waals surface area contributed by atoms with Gasteiger partial charge in [-0.2, -0.15) is 0 Å². The maximum Gasteiger partial charge on any atom is 0.325 e. The molecule has 0 atom stereocenters. The molecule has 0 aromatic heterocycles. The van der Waals surface area contributed by atoms with Crippen molar-refractivity contribution in [2.75, 3.05) is 11.9 Å². The molecule has 0 aliphatic heterocycles. The van der Waals surface area contributed by atoms with Crippen molar-refractivity contribution in [1.82, 2.24) is 5.32 Å². The lowest BCUT2D eigenvalue weighted by Gasteiger charge is -2.11. The Bertz CT molecular complexity index is 778. The largest absolute Gasteiger partial charge is 0.483 e. The predicted octanol–water partition coefficient (Wildman–Crippen LogP) is 4.56. The molecule has 0 unspecified atom stereocenters. The van der Waals surface area contributed by atoms with Crippen molar-refractivity contribution in [1.29, 1.82) is 0 Å². The van der Waals surface area contributed by atoms with Gasteiger partial charge in [0.1, 0.15) is 5.75 Å². The number of rotatable bonds is 4. The summed E-state index contributed by atoms with van der Waals surface area (Å²) in [6.45, 7) is 3.59. The van der Waals surface area contributed by atoms with E-state index in [9.17, 15) is 9.59 Å². The second-order valence-corrected chi connectivity index (χ2v) is 6.95. The average molecular weight is 456 g/mol. The van der Waals surface area contributed by atoms with E-state index in [1.54, 1.807) is 24.3 Å². The number of carbonyl (C=O) groups is 2. The third kappa shape index (κ3) is 5.35. The van der Waals surface area contributed by atoms with Crippen LogP contribution in [0.2, 0.25) is 0 Å². The summed E-state index contributed by atoms with van der Waals surface area (Å²) in [5.74, 6) is -0.0183. The standard InChI is InChI=1S/C17H16Br2N2O3/c1-10-3-5-14(11(2)7-10)20-17(23)21-16(22)9-24-15-6-4-12(18)8-13(15)19/h3-8H,9H2,1-2H3,(H2,20,21,22,23). The number of halogens is 2. The molecular formula is C17H16Br2N2O3. The number of nitrogens with one attached hydrogen (secondary N) is 2. The lowest BCUT2D eigenvalue weighted by atomic mass is 10.1. The van der Waals surface area contributed by atoms with Crippen LogP contribution in [0.5, 0.6) is 5.75 Å². The first kappa shape index (κ1) is 18.5. The van der Waals surface area contributed by atoms with Gasteiger partial charge in [0.05, 0.1) is 4.47 Å². The maximum atomic E-state index is 11.9. The van der Waals surface area contributed by atoms with E-state index in [0.717, 1.165) is 15.6 Å². The van der Waals surface area contributed by atoms with Crippen LogP contribution in [-0.2, 0) is 4.79 Å². The Morgan fingerprint density at radius 2 is 1.83 bits per heavy atom. The van der Waals surface area contributed by atoms with E-state index in [1.165, 1.54) is 0 Å². The number of hydrogen-bond donors (Lipinski definition) is 2. The molecule has 3 amide bonds. The van der Waals surface area contributed by atoms with Crippen LogP contribution >= 0.6 is 31.9 Å². The number of benzene rings is 2. The Hall–Kier alpha value is -1.86. The minimum Gasteiger partial charge on any atom is -0.483 e. The Kier molecular flexibility index (Phi) is 6.39. The summed E-state index contributed by atoms with van der Waals surface area (Å²) in [4.78, 5) is 23.7. The Balaban J connectivity index is 1.86. The molecule has 0 radical (unpaired) electrons. The van der Waals surface area contributed by atoms with Gasteiger partial charge in [-0.25, -0.2) is 4.79 Å². The van der Waals surface area contributed by atoms with Gasteiger partial charge < -0.3 is 10.1 Å². The summed E-state index contributed by atoms with van der Waals surface area (Å²) >= 11 is 6.67. The van der Waals surface area contributed by atoms with E-state index < -0.39 is 11.9 Å². The molecule has 126 valence electrons. The topological polar surface area (TPSA) is 67.4 Å². The molecule has 0 bridgehead atoms. The van der Waals surface area contributed by atoms with Crippen LogP contribution in [0.25, 0.3) is 0 Å². The fourth-order valence-corrected chi connectivity index (χ4v) is 3.17. The average Bonchev–Trinajstić information content (AvgIpc) is 2.49. The molecule has 2 rings (SSSR count). The molecule has 0 spiro atoms. The number of hydrogen-bond acceptors (Lipinski definition) is 3. The van der Waals surface area contributed by atoms with Crippen molar-refractivity contribution >= 4 is 49.5 Å². The van der Waals surface area contributed by atoms with Crippen molar-refractivity contribution in [3.8, 4) is 5.75 Å². The number of amides is 3. The normalized spacial score (nSPS) is 10.2. The highest BCUT2D eigenvalue weighted by Gasteiger charge is 2.11. The van der Waals surface area contributed by atoms with Crippen molar-refractivity contribution in [3.63, 3.8) is 0 Å². The van der Waals surface area contributed by atoms with E-state index in [0.29, 0.717) is 15.9 Å². The predicted molar refractivity (Wildman–Crippen MR) is 100 cm³/mol. The van der Waals surface area contributed by atoms with Gasteiger partial charge >= 0.3 is 6.03 Å². The fraction of sp³-hybridized carbons (Fsp3) is 0.176. The molecule has 0 saturated heterocycles. The summed E-state index contributed by atoms with van der Waals surface area (Å²) in [6, 6.07) is 10.4. The van der Waals surface area contributed by atoms with Gasteiger partial charge in [-0.05, 0) is 59.6 Å². The third-order valence-corrected chi connectivity index (χ3v) is 4.25. The Morgan fingerprint density at radius 3 is 2.50 bits per heavy atom. The van der Waals surface area contributed by atoms with Crippen LogP contribution in [0.3, 0.4) is 0 Å². The molecular weight excluding hydrogens is 440 g/mol. The number of imide groups is 1. The number of anilines is 1. The first-order valence-corrected chi connectivity index (χ1v) is 8.69. The number of carbonyl (C=O) groups excluding carboxylic acids is 2. The van der Waals surface area contributed by atoms with Gasteiger partial charge in [0.2, 0.25) is 0 Å². The zero-order chi connectivity index (χ0) is 17.7. The van der Waals surface area contributed by atoms with Gasteiger partial charge in [-0.15, -0.1) is 0 Å². The summed E-state index contributed by atoms with van der Waals surface area (Å²) in [5.41, 5.74) is 2.68. The van der Waals surface area contributed by atoms with E-state index in [1.807, 2.05) is 26.0 Å². The highest BCUT2D eigenvalue weighted by Crippen LogP contribution is 2.28. The van der Waals surface area contributed by atoms with Crippen molar-refractivity contribution in [3.05, 3.63) is 56.5 Å². The summed E-state index contributed by atoms with van der Waals surface area (Å²) in [7, 11) is 0. The minimum atomic E-state index is -0.592. The quantitative estimate of drug-likeness (QED) is 0.710. The van der Waals surface area contributed by atoms with Crippen LogP contribution < -0.4 is 15.4 Å². The van der Waals surface area contributed by atoms with Crippen molar-refractivity contribution in [2.24, 2.45) is 0 Å². The molecule has 2 aromatic rings. The maximum absolute atomic E-state index is 11.9. The first-order chi connectivity index (χ1) is 11.3. The van der Waals surface area contributed by atoms with Crippen LogP contribution in [-0.4, -0.2) is 18.5 Å². The molecule has 0 aliphatic rings. The highest BCUT2D eigenvalue weighted by atomic mass is 79.9. The van der Waals surface area contributed by atoms with Gasteiger partial charge in [-0.3, -0.25) is 10.1 Å². The van der Waals surface area contributed by atoms with E-state index in [-0.39, 0.29) is 6.61 Å². The van der Waals surface area contributed by atoms with E-state index in [4.69, 9.17) is 4.74 Å². The molecule has 0 aliphatic carbocycles. The Morgan fingerprint density at radius 1 is 1.08 bits per heavy atom. The number of ether oxygens (including phenoxy) is 1. The van der Waals surface area contributed by atoms with E-state index >= 15 is 0 Å². The smallest absolute Gasteiger partial charge is 0.325 e. The molecule has 5 nitrogen and oxygen atoms in total. The Labute approximate surface area is 157 Å². The minimum absolute atomic E-state index is 0.263. The zero-order valence-electron chi connectivity index (χ0n) is 13.2. The lowest BCUT2D eigenvalue weighted by molar-refractivity contribution is -0.121. The second-order valence-electron chi connectivity index (χ2n) is 5.18. The summed E-state index contributed by atoms with van der Waals surface area (Å²) < 4.78 is 6.98. The third-order valence-electron chi connectivity index (χ3n) is 3.14. The molecule has 2 aromatic carbocycles. The highest BCUT2D eigenvalue weighted by molar-refractivity contribution is 9.11. The molecule has 0 fully saturated rings. The summed E-state index contributed by atoms with van der Waals surface area (Å²) in [6.07, 6.45) is 0. The SMILES string of the molecule is Cc1ccc(NC(=O)NC(=O)COc2ccc(Br)cc2Br)c(C)c1. The van der Waals surface area contributed by atoms with Crippen LogP contribution in [0.15, 0.2) is 45.3 Å². The van der Waals surface area contributed by atoms with Gasteiger partial charge in [0.25, 0.3) is 5.91 Å². The summed E-state index contributed by atoms with van der Waals surface area (Å²) in [5, 5.41) is 4.88. The van der Waals surface area contributed by atoms with Crippen LogP contribution in [0.4, 0.5) is 10.5 Å². The molecule has 2 N–H and O–H groups in total. The number of urea groups is 1. The monoisotopic (exact) mass is 454 g/mol. The fourth-order valence-electron chi connectivity index (χ4n) is 2.01. The lowest BCUT2D eigenvalue weighted by Crippen LogP contribution is -2.37. The first-order valence-electron chi connectivity index (χ1n) is 7.11. The van der Waals surface area contributed by atoms with Gasteiger partial charge in [0.15, 0.2) is 6.61 Å². The van der Waals surface area contributed by atoms with Crippen molar-refractivity contribution < 1.29 is 14.3 Å². The second kappa shape index (κ2) is 8.30. The van der Waals surface area contributed by atoms with Crippen molar-refractivity contribution in [2.45, 2.75) is 13.8 Å². The molecule has 24 heavy (non-hydrogen) atoms. The molecule has 0 heterocycles. The van der Waals surface area contributed by atoms with Gasteiger partial charge in [-0.1, -0.05) is 33.6 Å². The van der Waals surface area contributed by atoms with Crippen LogP contribution in [0.1, 0.15) is 11.1 Å². The number of aryl methyl sites for hydroxylation is 2. The molecule has 0 saturated carbocycles. The van der Waals surface area contributed by atoms with E-state index in [2.05, 4.69) is 42.5 Å². The van der Waals surface area contributed by atoms with Gasteiger partial charge in [0, 0.05) is 10.2 Å². The van der Waals surface area contributed by atoms with Crippen LogP contribution in [0, 0.1) is 13.8 Å². The zero-order valence-corrected chi connectivity index (χ0v) is 16.3.